The lowest BCUT2D eigenvalue weighted by Crippen LogP contribution is -2.40. The molecule has 1 amide bonds. The van der Waals surface area contributed by atoms with E-state index in [1.54, 1.807) is 11.0 Å². The van der Waals surface area contributed by atoms with E-state index < -0.39 is 0 Å². The Balaban J connectivity index is 0.00000133. The third-order valence-electron chi connectivity index (χ3n) is 3.90. The van der Waals surface area contributed by atoms with Crippen LogP contribution in [0.2, 0.25) is 0 Å². The molecule has 104 valence electrons. The molecule has 1 aromatic rings. The maximum atomic E-state index is 13.3. The van der Waals surface area contributed by atoms with Gasteiger partial charge in [0.2, 0.25) is 5.91 Å². The first kappa shape index (κ1) is 14.3. The summed E-state index contributed by atoms with van der Waals surface area (Å²) in [7, 11) is 0. The van der Waals surface area contributed by atoms with Gasteiger partial charge < -0.3 is 10.2 Å². The van der Waals surface area contributed by atoms with E-state index in [1.165, 1.54) is 12.1 Å². The number of hydrogen-bond acceptors (Lipinski definition) is 2. The predicted molar refractivity (Wildman–Crippen MR) is 75.3 cm³/mol. The number of halogens is 2. The Kier molecular flexibility index (Phi) is 4.42. The average Bonchev–Trinajstić information content (AvgIpc) is 2.82. The summed E-state index contributed by atoms with van der Waals surface area (Å²) in [5, 5.41) is 3.26. The molecule has 0 bridgehead atoms. The number of nitrogens with one attached hydrogen (secondary N) is 1. The molecule has 3 rings (SSSR count). The van der Waals surface area contributed by atoms with Gasteiger partial charge in [-0.3, -0.25) is 4.79 Å². The second-order valence-corrected chi connectivity index (χ2v) is 5.04. The topological polar surface area (TPSA) is 32.3 Å². The number of carbonyl (C=O) groups excluding carboxylic acids is 1. The van der Waals surface area contributed by atoms with Gasteiger partial charge in [-0.15, -0.1) is 12.4 Å². The summed E-state index contributed by atoms with van der Waals surface area (Å²) >= 11 is 0. The first-order valence-electron chi connectivity index (χ1n) is 6.56. The highest BCUT2D eigenvalue weighted by molar-refractivity contribution is 5.97. The van der Waals surface area contributed by atoms with Gasteiger partial charge in [0.1, 0.15) is 5.82 Å². The van der Waals surface area contributed by atoms with Crippen molar-refractivity contribution in [2.45, 2.75) is 19.3 Å². The van der Waals surface area contributed by atoms with E-state index >= 15 is 0 Å². The van der Waals surface area contributed by atoms with Crippen molar-refractivity contribution in [2.75, 3.05) is 24.5 Å². The number of rotatable bonds is 1. The molecule has 0 aromatic heterocycles. The average molecular weight is 285 g/mol. The number of carbonyl (C=O) groups is 1. The Labute approximate surface area is 118 Å². The maximum Gasteiger partial charge on any atom is 0.230 e. The summed E-state index contributed by atoms with van der Waals surface area (Å²) in [6, 6.07) is 4.75. The van der Waals surface area contributed by atoms with Gasteiger partial charge in [0.05, 0.1) is 0 Å². The zero-order chi connectivity index (χ0) is 12.5. The second kappa shape index (κ2) is 5.88. The van der Waals surface area contributed by atoms with Crippen LogP contribution in [0.4, 0.5) is 10.1 Å². The van der Waals surface area contributed by atoms with Gasteiger partial charge in [-0.2, -0.15) is 0 Å². The lowest BCUT2D eigenvalue weighted by molar-refractivity contribution is -0.123. The van der Waals surface area contributed by atoms with Gasteiger partial charge in [0, 0.05) is 18.2 Å². The Bertz CT molecular complexity index is 475. The number of benzene rings is 1. The summed E-state index contributed by atoms with van der Waals surface area (Å²) in [5.41, 5.74) is 1.86. The van der Waals surface area contributed by atoms with Crippen molar-refractivity contribution in [1.82, 2.24) is 5.32 Å². The van der Waals surface area contributed by atoms with Gasteiger partial charge in [-0.05, 0) is 50.0 Å². The van der Waals surface area contributed by atoms with E-state index in [-0.39, 0.29) is 30.0 Å². The van der Waals surface area contributed by atoms with Crippen LogP contribution in [0.1, 0.15) is 18.4 Å². The smallest absolute Gasteiger partial charge is 0.230 e. The summed E-state index contributed by atoms with van der Waals surface area (Å²) in [5.74, 6) is 0.0000724. The summed E-state index contributed by atoms with van der Waals surface area (Å²) < 4.78 is 13.3. The van der Waals surface area contributed by atoms with E-state index in [2.05, 4.69) is 5.32 Å². The van der Waals surface area contributed by atoms with Crippen molar-refractivity contribution in [3.05, 3.63) is 29.6 Å². The number of nitrogens with zero attached hydrogens (tertiary/aromatic N) is 1. The van der Waals surface area contributed by atoms with Crippen LogP contribution in [0.5, 0.6) is 0 Å². The summed E-state index contributed by atoms with van der Waals surface area (Å²) in [6.07, 6.45) is 2.62. The van der Waals surface area contributed by atoms with E-state index in [0.29, 0.717) is 6.54 Å². The normalized spacial score (nSPS) is 18.9. The van der Waals surface area contributed by atoms with Crippen molar-refractivity contribution in [2.24, 2.45) is 5.92 Å². The van der Waals surface area contributed by atoms with Crippen molar-refractivity contribution < 1.29 is 9.18 Å². The lowest BCUT2D eigenvalue weighted by Gasteiger charge is -2.27. The Hall–Kier alpha value is -1.13. The third-order valence-corrected chi connectivity index (χ3v) is 3.90. The minimum atomic E-state index is -0.265. The molecule has 0 saturated carbocycles. The first-order valence-corrected chi connectivity index (χ1v) is 6.56. The molecule has 0 radical (unpaired) electrons. The van der Waals surface area contributed by atoms with Gasteiger partial charge in [-0.1, -0.05) is 6.07 Å². The second-order valence-electron chi connectivity index (χ2n) is 5.04. The molecule has 3 nitrogen and oxygen atoms in total. The molecule has 1 aromatic carbocycles. The standard InChI is InChI=1S/C14H17FN2O.ClH/c15-12-2-1-10-5-8-17(13(10)9-12)14(18)11-3-6-16-7-4-11;/h1-2,9,11,16H,3-8H2;1H. The highest BCUT2D eigenvalue weighted by Gasteiger charge is 2.30. The molecular formula is C14H18ClFN2O. The van der Waals surface area contributed by atoms with Crippen LogP contribution in [0, 0.1) is 11.7 Å². The SMILES string of the molecule is Cl.O=C(C1CCNCC1)N1CCc2ccc(F)cc21. The monoisotopic (exact) mass is 284 g/mol. The number of hydrogen-bond donors (Lipinski definition) is 1. The third kappa shape index (κ3) is 2.74. The van der Waals surface area contributed by atoms with E-state index in [0.717, 1.165) is 43.6 Å². The fraction of sp³-hybridized carbons (Fsp3) is 0.500. The quantitative estimate of drug-likeness (QED) is 0.857. The molecule has 0 unspecified atom stereocenters. The van der Waals surface area contributed by atoms with E-state index in [4.69, 9.17) is 0 Å². The zero-order valence-corrected chi connectivity index (χ0v) is 11.5. The molecule has 2 aliphatic heterocycles. The van der Waals surface area contributed by atoms with E-state index in [1.807, 2.05) is 0 Å². The van der Waals surface area contributed by atoms with Crippen LogP contribution in [0.3, 0.4) is 0 Å². The van der Waals surface area contributed by atoms with Gasteiger partial charge >= 0.3 is 0 Å². The van der Waals surface area contributed by atoms with Crippen LogP contribution < -0.4 is 10.2 Å². The molecule has 2 aliphatic rings. The van der Waals surface area contributed by atoms with Crippen molar-refractivity contribution >= 4 is 24.0 Å². The summed E-state index contributed by atoms with van der Waals surface area (Å²) in [4.78, 5) is 14.2. The number of piperidine rings is 1. The van der Waals surface area contributed by atoms with Crippen LogP contribution in [-0.2, 0) is 11.2 Å². The van der Waals surface area contributed by atoms with Crippen LogP contribution in [0.15, 0.2) is 18.2 Å². The van der Waals surface area contributed by atoms with Crippen molar-refractivity contribution in [1.29, 1.82) is 0 Å². The molecular weight excluding hydrogens is 267 g/mol. The molecule has 19 heavy (non-hydrogen) atoms. The highest BCUT2D eigenvalue weighted by atomic mass is 35.5. The van der Waals surface area contributed by atoms with Crippen molar-refractivity contribution in [3.63, 3.8) is 0 Å². The van der Waals surface area contributed by atoms with Gasteiger partial charge in [0.25, 0.3) is 0 Å². The Morgan fingerprint density at radius 1 is 1.32 bits per heavy atom. The molecule has 1 saturated heterocycles. The van der Waals surface area contributed by atoms with Crippen LogP contribution in [0.25, 0.3) is 0 Å². The fourth-order valence-electron chi connectivity index (χ4n) is 2.87. The zero-order valence-electron chi connectivity index (χ0n) is 10.7. The Morgan fingerprint density at radius 2 is 2.05 bits per heavy atom. The van der Waals surface area contributed by atoms with Crippen molar-refractivity contribution in [3.8, 4) is 0 Å². The van der Waals surface area contributed by atoms with Crippen LogP contribution >= 0.6 is 12.4 Å². The molecule has 0 spiro atoms. The number of fused-ring (bicyclic) bond motifs is 1. The summed E-state index contributed by atoms with van der Waals surface area (Å²) in [6.45, 7) is 2.50. The highest BCUT2D eigenvalue weighted by Crippen LogP contribution is 2.31. The maximum absolute atomic E-state index is 13.3. The molecule has 5 heteroatoms. The van der Waals surface area contributed by atoms with Crippen LogP contribution in [-0.4, -0.2) is 25.5 Å². The number of anilines is 1. The molecule has 1 N–H and O–H groups in total. The molecule has 1 fully saturated rings. The van der Waals surface area contributed by atoms with E-state index in [9.17, 15) is 9.18 Å². The Morgan fingerprint density at radius 3 is 2.79 bits per heavy atom. The van der Waals surface area contributed by atoms with Gasteiger partial charge in [-0.25, -0.2) is 4.39 Å². The molecule has 0 atom stereocenters. The minimum absolute atomic E-state index is 0. The lowest BCUT2D eigenvalue weighted by atomic mass is 9.96. The predicted octanol–water partition coefficient (Wildman–Crippen LogP) is 2.14. The molecule has 0 aliphatic carbocycles. The minimum Gasteiger partial charge on any atom is -0.317 e. The fourth-order valence-corrected chi connectivity index (χ4v) is 2.87. The largest absolute Gasteiger partial charge is 0.317 e. The number of amides is 1. The molecule has 2 heterocycles. The first-order chi connectivity index (χ1) is 8.75. The van der Waals surface area contributed by atoms with Gasteiger partial charge in [0.15, 0.2) is 0 Å².